The van der Waals surface area contributed by atoms with Gasteiger partial charge in [0.1, 0.15) is 11.5 Å². The monoisotopic (exact) mass is 464 g/mol. The van der Waals surface area contributed by atoms with E-state index in [1.54, 1.807) is 32.7 Å². The Balaban J connectivity index is 1.31. The minimum atomic E-state index is 0.109. The lowest BCUT2D eigenvalue weighted by molar-refractivity contribution is -0.130. The van der Waals surface area contributed by atoms with Crippen molar-refractivity contribution >= 4 is 28.2 Å². The van der Waals surface area contributed by atoms with Crippen LogP contribution in [0.15, 0.2) is 48.2 Å². The first kappa shape index (κ1) is 21.2. The molecule has 170 valence electrons. The molecule has 0 unspecified atom stereocenters. The van der Waals surface area contributed by atoms with Crippen LogP contribution in [-0.2, 0) is 11.2 Å². The predicted molar refractivity (Wildman–Crippen MR) is 126 cm³/mol. The number of amides is 1. The van der Waals surface area contributed by atoms with Gasteiger partial charge in [-0.25, -0.2) is 15.0 Å². The maximum absolute atomic E-state index is 13.0. The smallest absolute Gasteiger partial charge is 0.228 e. The molecule has 33 heavy (non-hydrogen) atoms. The summed E-state index contributed by atoms with van der Waals surface area (Å²) in [6, 6.07) is 7.43. The van der Waals surface area contributed by atoms with Crippen LogP contribution in [0, 0.1) is 0 Å². The number of anilines is 1. The fourth-order valence-electron chi connectivity index (χ4n) is 3.98. The average Bonchev–Trinajstić information content (AvgIpc) is 3.46. The summed E-state index contributed by atoms with van der Waals surface area (Å²) in [5.74, 6) is 2.28. The lowest BCUT2D eigenvalue weighted by Gasteiger charge is -2.34. The molecule has 1 amide bonds. The number of carbonyl (C=O) groups is 1. The highest BCUT2D eigenvalue weighted by atomic mass is 32.1. The standard InChI is InChI=1S/C23H24N6O3S/c1-31-17-4-5-20(32-2)18(13-17)19-14-29-16(15-33-23(29)26-19)12-21(30)27-8-10-28(11-9-27)22-24-6-3-7-25-22/h3-7,13-15H,8-12H2,1-2H3. The second-order valence-electron chi connectivity index (χ2n) is 7.67. The molecule has 5 rings (SSSR count). The Morgan fingerprint density at radius 1 is 1.09 bits per heavy atom. The molecule has 3 aromatic heterocycles. The molecule has 4 aromatic rings. The minimum absolute atomic E-state index is 0.109. The molecule has 0 bridgehead atoms. The Kier molecular flexibility index (Phi) is 5.82. The predicted octanol–water partition coefficient (Wildman–Crippen LogP) is 2.76. The van der Waals surface area contributed by atoms with Crippen LogP contribution in [0.5, 0.6) is 11.5 Å². The largest absolute Gasteiger partial charge is 0.497 e. The Labute approximate surface area is 195 Å². The van der Waals surface area contributed by atoms with Crippen LogP contribution < -0.4 is 14.4 Å². The molecule has 1 aliphatic rings. The van der Waals surface area contributed by atoms with Crippen molar-refractivity contribution in [2.45, 2.75) is 6.42 Å². The van der Waals surface area contributed by atoms with E-state index in [-0.39, 0.29) is 5.91 Å². The van der Waals surface area contributed by atoms with Gasteiger partial charge in [-0.15, -0.1) is 11.3 Å². The fourth-order valence-corrected chi connectivity index (χ4v) is 4.85. The van der Waals surface area contributed by atoms with E-state index in [0.717, 1.165) is 46.5 Å². The molecule has 1 fully saturated rings. The highest BCUT2D eigenvalue weighted by molar-refractivity contribution is 7.15. The van der Waals surface area contributed by atoms with E-state index in [1.807, 2.05) is 39.1 Å². The summed E-state index contributed by atoms with van der Waals surface area (Å²) in [5, 5.41) is 2.00. The van der Waals surface area contributed by atoms with Crippen molar-refractivity contribution in [1.29, 1.82) is 0 Å². The number of benzene rings is 1. The lowest BCUT2D eigenvalue weighted by atomic mass is 10.1. The number of hydrogen-bond acceptors (Lipinski definition) is 8. The Morgan fingerprint density at radius 3 is 2.61 bits per heavy atom. The van der Waals surface area contributed by atoms with Crippen molar-refractivity contribution in [1.82, 2.24) is 24.3 Å². The summed E-state index contributed by atoms with van der Waals surface area (Å²) >= 11 is 1.52. The van der Waals surface area contributed by atoms with Crippen LogP contribution in [0.1, 0.15) is 5.69 Å². The van der Waals surface area contributed by atoms with Gasteiger partial charge in [0.25, 0.3) is 0 Å². The van der Waals surface area contributed by atoms with Crippen LogP contribution in [0.2, 0.25) is 0 Å². The minimum Gasteiger partial charge on any atom is -0.497 e. The number of ether oxygens (including phenoxy) is 2. The molecule has 0 N–H and O–H groups in total. The lowest BCUT2D eigenvalue weighted by Crippen LogP contribution is -2.49. The summed E-state index contributed by atoms with van der Waals surface area (Å²) in [6.07, 6.45) is 5.76. The Hall–Kier alpha value is -3.66. The third-order valence-corrected chi connectivity index (χ3v) is 6.65. The summed E-state index contributed by atoms with van der Waals surface area (Å²) in [4.78, 5) is 31.2. The number of hydrogen-bond donors (Lipinski definition) is 0. The Bertz CT molecular complexity index is 1260. The van der Waals surface area contributed by atoms with Gasteiger partial charge in [0.2, 0.25) is 11.9 Å². The zero-order valence-electron chi connectivity index (χ0n) is 18.5. The van der Waals surface area contributed by atoms with Crippen LogP contribution >= 0.6 is 11.3 Å². The zero-order valence-corrected chi connectivity index (χ0v) is 19.3. The Morgan fingerprint density at radius 2 is 1.88 bits per heavy atom. The third-order valence-electron chi connectivity index (χ3n) is 5.77. The van der Waals surface area contributed by atoms with Crippen LogP contribution in [0.3, 0.4) is 0 Å². The molecule has 0 spiro atoms. The number of methoxy groups -OCH3 is 2. The van der Waals surface area contributed by atoms with Crippen LogP contribution in [-0.4, -0.2) is 70.6 Å². The maximum atomic E-state index is 13.0. The molecular formula is C23H24N6O3S. The summed E-state index contributed by atoms with van der Waals surface area (Å²) in [5.41, 5.74) is 2.56. The number of piperazine rings is 1. The number of aromatic nitrogens is 4. The molecule has 1 aliphatic heterocycles. The van der Waals surface area contributed by atoms with Gasteiger partial charge in [-0.2, -0.15) is 0 Å². The van der Waals surface area contributed by atoms with Crippen molar-refractivity contribution in [3.8, 4) is 22.8 Å². The van der Waals surface area contributed by atoms with Crippen molar-refractivity contribution < 1.29 is 14.3 Å². The number of rotatable bonds is 6. The van der Waals surface area contributed by atoms with E-state index in [4.69, 9.17) is 14.5 Å². The van der Waals surface area contributed by atoms with Crippen molar-refractivity contribution in [2.75, 3.05) is 45.3 Å². The molecule has 1 aromatic carbocycles. The van der Waals surface area contributed by atoms with Gasteiger partial charge in [0.15, 0.2) is 4.96 Å². The van der Waals surface area contributed by atoms with E-state index >= 15 is 0 Å². The molecule has 10 heteroatoms. The molecule has 9 nitrogen and oxygen atoms in total. The van der Waals surface area contributed by atoms with Crippen molar-refractivity contribution in [3.63, 3.8) is 0 Å². The van der Waals surface area contributed by atoms with E-state index in [2.05, 4.69) is 14.9 Å². The zero-order chi connectivity index (χ0) is 22.8. The van der Waals surface area contributed by atoms with Crippen molar-refractivity contribution in [3.05, 3.63) is 53.9 Å². The summed E-state index contributed by atoms with van der Waals surface area (Å²) < 4.78 is 12.9. The fraction of sp³-hybridized carbons (Fsp3) is 0.304. The van der Waals surface area contributed by atoms with Crippen molar-refractivity contribution in [2.24, 2.45) is 0 Å². The van der Waals surface area contributed by atoms with Gasteiger partial charge >= 0.3 is 0 Å². The number of carbonyl (C=O) groups excluding carboxylic acids is 1. The normalized spacial score (nSPS) is 14.0. The molecule has 0 aliphatic carbocycles. The number of fused-ring (bicyclic) bond motifs is 1. The second-order valence-corrected chi connectivity index (χ2v) is 8.50. The molecule has 4 heterocycles. The SMILES string of the molecule is COc1ccc(OC)c(-c2cn3c(CC(=O)N4CCN(c5ncccn5)CC4)csc3n2)c1. The van der Waals surface area contributed by atoms with Gasteiger partial charge in [-0.3, -0.25) is 9.20 Å². The second kappa shape index (κ2) is 9.07. The third kappa shape index (κ3) is 4.21. The molecule has 0 atom stereocenters. The van der Waals surface area contributed by atoms with Crippen LogP contribution in [0.4, 0.5) is 5.95 Å². The van der Waals surface area contributed by atoms with Gasteiger partial charge < -0.3 is 19.3 Å². The first-order valence-electron chi connectivity index (χ1n) is 10.6. The number of thiazole rings is 1. The molecule has 0 radical (unpaired) electrons. The molecule has 1 saturated heterocycles. The highest BCUT2D eigenvalue weighted by Gasteiger charge is 2.24. The quantitative estimate of drug-likeness (QED) is 0.434. The topological polar surface area (TPSA) is 85.1 Å². The van der Waals surface area contributed by atoms with Gasteiger partial charge in [0, 0.05) is 61.4 Å². The summed E-state index contributed by atoms with van der Waals surface area (Å²) in [6.45, 7) is 2.75. The van der Waals surface area contributed by atoms with E-state index in [0.29, 0.717) is 25.5 Å². The number of imidazole rings is 1. The first-order chi connectivity index (χ1) is 16.2. The van der Waals surface area contributed by atoms with Crippen LogP contribution in [0.25, 0.3) is 16.2 Å². The van der Waals surface area contributed by atoms with E-state index in [9.17, 15) is 4.79 Å². The highest BCUT2D eigenvalue weighted by Crippen LogP contribution is 2.34. The van der Waals surface area contributed by atoms with E-state index in [1.165, 1.54) is 11.3 Å². The maximum Gasteiger partial charge on any atom is 0.228 e. The van der Waals surface area contributed by atoms with Gasteiger partial charge in [-0.05, 0) is 24.3 Å². The first-order valence-corrected chi connectivity index (χ1v) is 11.5. The number of nitrogens with zero attached hydrogens (tertiary/aromatic N) is 6. The van der Waals surface area contributed by atoms with E-state index < -0.39 is 0 Å². The van der Waals surface area contributed by atoms with Gasteiger partial charge in [-0.1, -0.05) is 0 Å². The molecule has 0 saturated carbocycles. The molecular weight excluding hydrogens is 440 g/mol. The summed E-state index contributed by atoms with van der Waals surface area (Å²) in [7, 11) is 3.27. The average molecular weight is 465 g/mol. The van der Waals surface area contributed by atoms with Gasteiger partial charge in [0.05, 0.1) is 26.3 Å².